The van der Waals surface area contributed by atoms with Crippen molar-refractivity contribution in [2.24, 2.45) is 7.05 Å². The van der Waals surface area contributed by atoms with Gasteiger partial charge in [0.25, 0.3) is 0 Å². The van der Waals surface area contributed by atoms with Crippen LogP contribution in [0.15, 0.2) is 18.2 Å². The van der Waals surface area contributed by atoms with Crippen LogP contribution in [0, 0.1) is 0 Å². The molecule has 1 aliphatic carbocycles. The first-order valence-corrected chi connectivity index (χ1v) is 8.32. The standard InChI is InChI=1S/C17H21ClN4O2/c1-21(10-15-19-20-17(22(15)2)12-5-6-12)16(23)9-11-4-7-13(18)14(8-11)24-3/h4,7-8,12H,5-6,9-10H2,1-3H3. The van der Waals surface area contributed by atoms with Crippen molar-refractivity contribution in [2.75, 3.05) is 14.2 Å². The van der Waals surface area contributed by atoms with Crippen LogP contribution in [0.4, 0.5) is 0 Å². The van der Waals surface area contributed by atoms with E-state index in [9.17, 15) is 4.79 Å². The zero-order valence-electron chi connectivity index (χ0n) is 14.1. The maximum atomic E-state index is 12.5. The first kappa shape index (κ1) is 16.8. The summed E-state index contributed by atoms with van der Waals surface area (Å²) in [5, 5.41) is 9.01. The maximum absolute atomic E-state index is 12.5. The molecule has 0 saturated heterocycles. The van der Waals surface area contributed by atoms with Gasteiger partial charge >= 0.3 is 0 Å². The van der Waals surface area contributed by atoms with Gasteiger partial charge in [-0.05, 0) is 30.5 Å². The van der Waals surface area contributed by atoms with Crippen molar-refractivity contribution < 1.29 is 9.53 Å². The molecule has 1 saturated carbocycles. The molecule has 0 radical (unpaired) electrons. The molecular weight excluding hydrogens is 328 g/mol. The van der Waals surface area contributed by atoms with Gasteiger partial charge in [-0.1, -0.05) is 17.7 Å². The second kappa shape index (κ2) is 6.81. The van der Waals surface area contributed by atoms with E-state index in [1.54, 1.807) is 31.2 Å². The lowest BCUT2D eigenvalue weighted by atomic mass is 10.1. The first-order valence-electron chi connectivity index (χ1n) is 7.94. The lowest BCUT2D eigenvalue weighted by Crippen LogP contribution is -2.29. The minimum Gasteiger partial charge on any atom is -0.495 e. The highest BCUT2D eigenvalue weighted by Crippen LogP contribution is 2.38. The van der Waals surface area contributed by atoms with Crippen LogP contribution in [0.1, 0.15) is 36.0 Å². The van der Waals surface area contributed by atoms with Gasteiger partial charge in [0.15, 0.2) is 5.82 Å². The molecule has 1 heterocycles. The number of amides is 1. The molecule has 7 heteroatoms. The quantitative estimate of drug-likeness (QED) is 0.805. The number of carbonyl (C=O) groups is 1. The van der Waals surface area contributed by atoms with Crippen molar-refractivity contribution in [3.63, 3.8) is 0 Å². The molecule has 0 spiro atoms. The zero-order chi connectivity index (χ0) is 17.3. The van der Waals surface area contributed by atoms with Crippen LogP contribution in [0.5, 0.6) is 5.75 Å². The number of methoxy groups -OCH3 is 1. The third-order valence-electron chi connectivity index (χ3n) is 4.32. The van der Waals surface area contributed by atoms with Gasteiger partial charge in [0.05, 0.1) is 25.1 Å². The minimum absolute atomic E-state index is 0.00958. The molecule has 1 aromatic heterocycles. The number of nitrogens with zero attached hydrogens (tertiary/aromatic N) is 4. The smallest absolute Gasteiger partial charge is 0.227 e. The number of halogens is 1. The summed E-state index contributed by atoms with van der Waals surface area (Å²) >= 11 is 6.01. The molecule has 6 nitrogen and oxygen atoms in total. The molecule has 1 aromatic carbocycles. The Morgan fingerprint density at radius 1 is 1.42 bits per heavy atom. The highest BCUT2D eigenvalue weighted by Gasteiger charge is 2.29. The summed E-state index contributed by atoms with van der Waals surface area (Å²) in [4.78, 5) is 14.1. The summed E-state index contributed by atoms with van der Waals surface area (Å²) in [6.45, 7) is 0.444. The van der Waals surface area contributed by atoms with Gasteiger partial charge in [-0.15, -0.1) is 10.2 Å². The monoisotopic (exact) mass is 348 g/mol. The molecule has 2 aromatic rings. The second-order valence-electron chi connectivity index (χ2n) is 6.20. The number of rotatable bonds is 6. The third kappa shape index (κ3) is 3.53. The fourth-order valence-electron chi connectivity index (χ4n) is 2.63. The Morgan fingerprint density at radius 3 is 2.83 bits per heavy atom. The van der Waals surface area contributed by atoms with Crippen molar-refractivity contribution in [3.05, 3.63) is 40.4 Å². The molecule has 0 atom stereocenters. The van der Waals surface area contributed by atoms with E-state index in [-0.39, 0.29) is 12.3 Å². The Morgan fingerprint density at radius 2 is 2.17 bits per heavy atom. The van der Waals surface area contributed by atoms with Gasteiger partial charge < -0.3 is 14.2 Å². The molecule has 3 rings (SSSR count). The van der Waals surface area contributed by atoms with Gasteiger partial charge in [0.2, 0.25) is 5.91 Å². The lowest BCUT2D eigenvalue weighted by molar-refractivity contribution is -0.129. The van der Waals surface area contributed by atoms with Crippen molar-refractivity contribution >= 4 is 17.5 Å². The van der Waals surface area contributed by atoms with Crippen LogP contribution in [0.3, 0.4) is 0 Å². The summed E-state index contributed by atoms with van der Waals surface area (Å²) < 4.78 is 7.20. The first-order chi connectivity index (χ1) is 11.5. The van der Waals surface area contributed by atoms with Crippen LogP contribution in [-0.2, 0) is 24.8 Å². The molecule has 24 heavy (non-hydrogen) atoms. The van der Waals surface area contributed by atoms with Gasteiger partial charge in [0.1, 0.15) is 11.6 Å². The number of benzene rings is 1. The Balaban J connectivity index is 1.64. The van der Waals surface area contributed by atoms with Crippen LogP contribution in [-0.4, -0.2) is 39.7 Å². The number of aromatic nitrogens is 3. The summed E-state index contributed by atoms with van der Waals surface area (Å²) in [7, 11) is 5.30. The van der Waals surface area contributed by atoms with Crippen molar-refractivity contribution in [1.82, 2.24) is 19.7 Å². The Labute approximate surface area is 146 Å². The van der Waals surface area contributed by atoms with E-state index in [2.05, 4.69) is 10.2 Å². The van der Waals surface area contributed by atoms with Crippen LogP contribution >= 0.6 is 11.6 Å². The normalized spacial score (nSPS) is 13.8. The molecular formula is C17H21ClN4O2. The Kier molecular flexibility index (Phi) is 4.76. The highest BCUT2D eigenvalue weighted by molar-refractivity contribution is 6.32. The summed E-state index contributed by atoms with van der Waals surface area (Å²) in [6, 6.07) is 5.37. The van der Waals surface area contributed by atoms with Gasteiger partial charge in [-0.25, -0.2) is 0 Å². The molecule has 0 aliphatic heterocycles. The molecule has 0 N–H and O–H groups in total. The molecule has 0 unspecified atom stereocenters. The topological polar surface area (TPSA) is 60.2 Å². The fourth-order valence-corrected chi connectivity index (χ4v) is 2.83. The number of carbonyl (C=O) groups excluding carboxylic acids is 1. The van der Waals surface area contributed by atoms with Gasteiger partial charge in [-0.2, -0.15) is 0 Å². The van der Waals surface area contributed by atoms with Crippen LogP contribution < -0.4 is 4.74 Å². The summed E-state index contributed by atoms with van der Waals surface area (Å²) in [5.74, 6) is 2.95. The van der Waals surface area contributed by atoms with Crippen molar-refractivity contribution in [3.8, 4) is 5.75 Å². The average Bonchev–Trinajstić information content (AvgIpc) is 3.34. The third-order valence-corrected chi connectivity index (χ3v) is 4.63. The lowest BCUT2D eigenvalue weighted by Gasteiger charge is -2.17. The highest BCUT2D eigenvalue weighted by atomic mass is 35.5. The number of ether oxygens (including phenoxy) is 1. The van der Waals surface area contributed by atoms with Gasteiger partial charge in [0, 0.05) is 20.0 Å². The molecule has 1 fully saturated rings. The predicted octanol–water partition coefficient (Wildman–Crippen LogP) is 2.56. The van der Waals surface area contributed by atoms with Gasteiger partial charge in [-0.3, -0.25) is 4.79 Å². The van der Waals surface area contributed by atoms with E-state index in [1.165, 1.54) is 12.8 Å². The maximum Gasteiger partial charge on any atom is 0.227 e. The summed E-state index contributed by atoms with van der Waals surface area (Å²) in [5.41, 5.74) is 0.865. The predicted molar refractivity (Wildman–Crippen MR) is 91.2 cm³/mol. The molecule has 0 bridgehead atoms. The molecule has 1 aliphatic rings. The number of likely N-dealkylation sites (N-methyl/N-ethyl adjacent to an activating group) is 1. The SMILES string of the molecule is COc1cc(CC(=O)N(C)Cc2nnc(C3CC3)n2C)ccc1Cl. The van der Waals surface area contributed by atoms with E-state index in [0.717, 1.165) is 17.2 Å². The zero-order valence-corrected chi connectivity index (χ0v) is 14.9. The van der Waals surface area contributed by atoms with E-state index in [4.69, 9.17) is 16.3 Å². The van der Waals surface area contributed by atoms with Crippen LogP contribution in [0.25, 0.3) is 0 Å². The summed E-state index contributed by atoms with van der Waals surface area (Å²) in [6.07, 6.45) is 2.65. The van der Waals surface area contributed by atoms with E-state index >= 15 is 0 Å². The van der Waals surface area contributed by atoms with Crippen LogP contribution in [0.2, 0.25) is 5.02 Å². The Hall–Kier alpha value is -2.08. The molecule has 1 amide bonds. The van der Waals surface area contributed by atoms with E-state index in [1.807, 2.05) is 17.7 Å². The average molecular weight is 349 g/mol. The fraction of sp³-hybridized carbons (Fsp3) is 0.471. The second-order valence-corrected chi connectivity index (χ2v) is 6.61. The van der Waals surface area contributed by atoms with E-state index < -0.39 is 0 Å². The Bertz CT molecular complexity index is 755. The largest absolute Gasteiger partial charge is 0.495 e. The van der Waals surface area contributed by atoms with Crippen molar-refractivity contribution in [2.45, 2.75) is 31.7 Å². The van der Waals surface area contributed by atoms with E-state index in [0.29, 0.717) is 23.2 Å². The molecule has 128 valence electrons. The number of hydrogen-bond acceptors (Lipinski definition) is 4. The number of hydrogen-bond donors (Lipinski definition) is 0. The van der Waals surface area contributed by atoms with Crippen molar-refractivity contribution in [1.29, 1.82) is 0 Å². The minimum atomic E-state index is 0.00958.